The van der Waals surface area contributed by atoms with Gasteiger partial charge in [0.15, 0.2) is 12.4 Å². The number of ether oxygens (including phenoxy) is 2. The van der Waals surface area contributed by atoms with Crippen LogP contribution in [0.25, 0.3) is 10.9 Å². The Hall–Kier alpha value is -1.42. The molecule has 0 atom stereocenters. The number of aromatic nitrogens is 1. The highest BCUT2D eigenvalue weighted by molar-refractivity contribution is 9.10. The van der Waals surface area contributed by atoms with Gasteiger partial charge in [0, 0.05) is 62.2 Å². The monoisotopic (exact) mass is 532 g/mol. The van der Waals surface area contributed by atoms with E-state index >= 15 is 4.39 Å². The Labute approximate surface area is 195 Å². The van der Waals surface area contributed by atoms with Gasteiger partial charge < -0.3 is 18.9 Å². The van der Waals surface area contributed by atoms with E-state index in [1.807, 2.05) is 4.57 Å². The summed E-state index contributed by atoms with van der Waals surface area (Å²) in [4.78, 5) is 25.1. The molecule has 31 heavy (non-hydrogen) atoms. The zero-order valence-electron chi connectivity index (χ0n) is 18.2. The highest BCUT2D eigenvalue weighted by atomic mass is 79.9. The van der Waals surface area contributed by atoms with Crippen molar-refractivity contribution in [3.05, 3.63) is 32.6 Å². The lowest BCUT2D eigenvalue weighted by Gasteiger charge is -2.28. The van der Waals surface area contributed by atoms with Crippen LogP contribution < -0.4 is 0 Å². The fourth-order valence-electron chi connectivity index (χ4n) is 3.68. The van der Waals surface area contributed by atoms with Crippen LogP contribution in [-0.2, 0) is 38.8 Å². The van der Waals surface area contributed by atoms with Crippen LogP contribution in [0.3, 0.4) is 0 Å². The summed E-state index contributed by atoms with van der Waals surface area (Å²) in [6, 6.07) is 2.55. The average molecular weight is 534 g/mol. The molecular weight excluding hydrogens is 507 g/mol. The van der Waals surface area contributed by atoms with Crippen LogP contribution in [0.4, 0.5) is 4.39 Å². The van der Waals surface area contributed by atoms with E-state index in [1.54, 1.807) is 4.90 Å². The largest absolute Gasteiger partial charge is 0.456 e. The molecule has 0 spiro atoms. The summed E-state index contributed by atoms with van der Waals surface area (Å²) in [5, 5.41) is 0.719. The number of nitrogens with zero attached hydrogens (tertiary/aromatic N) is 2. The van der Waals surface area contributed by atoms with Crippen LogP contribution in [-0.4, -0.2) is 49.2 Å². The maximum absolute atomic E-state index is 15.1. The number of hydrogen-bond acceptors (Lipinski definition) is 4. The van der Waals surface area contributed by atoms with Gasteiger partial charge in [-0.25, -0.2) is 4.39 Å². The van der Waals surface area contributed by atoms with Gasteiger partial charge in [0.05, 0.1) is 10.5 Å². The highest BCUT2D eigenvalue weighted by Crippen LogP contribution is 2.39. The molecule has 0 bridgehead atoms. The maximum Gasteiger partial charge on any atom is 0.303 e. The summed E-state index contributed by atoms with van der Waals surface area (Å²) < 4.78 is 28.4. The third-order valence-corrected chi connectivity index (χ3v) is 7.93. The van der Waals surface area contributed by atoms with E-state index in [-0.39, 0.29) is 24.3 Å². The number of fused-ring (bicyclic) bond motifs is 3. The second kappa shape index (κ2) is 9.60. The van der Waals surface area contributed by atoms with Crippen LogP contribution in [0.2, 0.25) is 30.7 Å². The summed E-state index contributed by atoms with van der Waals surface area (Å²) in [6.07, 6.45) is 0.538. The molecule has 1 aliphatic heterocycles. The number of rotatable bonds is 7. The number of halogens is 3. The van der Waals surface area contributed by atoms with Crippen molar-refractivity contribution in [3.63, 3.8) is 0 Å². The molecule has 1 aliphatic rings. The lowest BCUT2D eigenvalue weighted by molar-refractivity contribution is -0.150. The maximum atomic E-state index is 15.1. The van der Waals surface area contributed by atoms with E-state index in [9.17, 15) is 9.59 Å². The second-order valence-electron chi connectivity index (χ2n) is 8.92. The van der Waals surface area contributed by atoms with Gasteiger partial charge in [0.25, 0.3) is 5.91 Å². The van der Waals surface area contributed by atoms with Crippen molar-refractivity contribution in [3.8, 4) is 0 Å². The molecule has 3 rings (SSSR count). The van der Waals surface area contributed by atoms with E-state index < -0.39 is 19.9 Å². The Morgan fingerprint density at radius 2 is 2.03 bits per heavy atom. The number of carbonyl (C=O) groups is 2. The molecule has 0 fully saturated rings. The molecular formula is C21H27BrClFN2O4Si. The van der Waals surface area contributed by atoms with E-state index in [0.717, 1.165) is 17.3 Å². The van der Waals surface area contributed by atoms with Crippen molar-refractivity contribution in [2.75, 3.05) is 19.8 Å². The van der Waals surface area contributed by atoms with Gasteiger partial charge in [-0.1, -0.05) is 47.2 Å². The summed E-state index contributed by atoms with van der Waals surface area (Å²) in [6.45, 7) is 9.38. The fourth-order valence-corrected chi connectivity index (χ4v) is 5.42. The molecule has 0 radical (unpaired) electrons. The van der Waals surface area contributed by atoms with Gasteiger partial charge in [-0.2, -0.15) is 0 Å². The number of carbonyl (C=O) groups excluding carboxylic acids is 2. The summed E-state index contributed by atoms with van der Waals surface area (Å²) in [5.74, 6) is -1.28. The van der Waals surface area contributed by atoms with Crippen LogP contribution in [0.1, 0.15) is 18.2 Å². The summed E-state index contributed by atoms with van der Waals surface area (Å²) in [5.41, 5.74) is 2.17. The number of amides is 1. The average Bonchev–Trinajstić information content (AvgIpc) is 3.01. The Balaban J connectivity index is 1.94. The normalized spacial score (nSPS) is 14.1. The predicted octanol–water partition coefficient (Wildman–Crippen LogP) is 4.96. The zero-order valence-corrected chi connectivity index (χ0v) is 21.5. The summed E-state index contributed by atoms with van der Waals surface area (Å²) in [7, 11) is -1.25. The van der Waals surface area contributed by atoms with Crippen molar-refractivity contribution in [1.82, 2.24) is 9.47 Å². The first kappa shape index (κ1) is 24.2. The minimum atomic E-state index is -1.25. The number of hydrogen-bond donors (Lipinski definition) is 0. The van der Waals surface area contributed by atoms with Crippen molar-refractivity contribution in [2.24, 2.45) is 0 Å². The lowest BCUT2D eigenvalue weighted by Crippen LogP contribution is -2.38. The molecule has 0 saturated heterocycles. The third-order valence-electron chi connectivity index (χ3n) is 5.33. The minimum Gasteiger partial charge on any atom is -0.456 e. The van der Waals surface area contributed by atoms with Gasteiger partial charge >= 0.3 is 5.97 Å². The molecule has 0 aliphatic carbocycles. The van der Waals surface area contributed by atoms with Gasteiger partial charge in [-0.15, -0.1) is 0 Å². The minimum absolute atomic E-state index is 0.0281. The summed E-state index contributed by atoms with van der Waals surface area (Å²) >= 11 is 9.65. The van der Waals surface area contributed by atoms with Crippen molar-refractivity contribution in [2.45, 2.75) is 52.3 Å². The molecule has 10 heteroatoms. The molecule has 2 aromatic rings. The van der Waals surface area contributed by atoms with Crippen LogP contribution in [0.5, 0.6) is 0 Å². The first-order valence-corrected chi connectivity index (χ1v) is 15.0. The predicted molar refractivity (Wildman–Crippen MR) is 124 cm³/mol. The third kappa shape index (κ3) is 5.50. The fraction of sp³-hybridized carbons (Fsp3) is 0.524. The quantitative estimate of drug-likeness (QED) is 0.219. The van der Waals surface area contributed by atoms with E-state index in [0.29, 0.717) is 41.5 Å². The molecule has 0 saturated carbocycles. The van der Waals surface area contributed by atoms with Gasteiger partial charge in [0.1, 0.15) is 6.73 Å². The van der Waals surface area contributed by atoms with E-state index in [2.05, 4.69) is 35.6 Å². The molecule has 6 nitrogen and oxygen atoms in total. The Morgan fingerprint density at radius 3 is 2.68 bits per heavy atom. The topological polar surface area (TPSA) is 60.8 Å². The standard InChI is InChI=1S/C21H27BrClFN2O4Si/c1-13(27)30-11-18(28)25-6-5-17-14(10-25)19-15(22)9-16(23)20(24)21(19)26(17)12-29-7-8-31(2,3)4/h9H,5-8,10-12H2,1-4H3. The van der Waals surface area contributed by atoms with Crippen molar-refractivity contribution < 1.29 is 23.5 Å². The van der Waals surface area contributed by atoms with E-state index in [1.165, 1.54) is 13.0 Å². The van der Waals surface area contributed by atoms with E-state index in [4.69, 9.17) is 21.1 Å². The molecule has 1 amide bonds. The molecule has 2 heterocycles. The Bertz CT molecular complexity index is 1020. The first-order chi connectivity index (χ1) is 14.5. The van der Waals surface area contributed by atoms with Crippen LogP contribution in [0, 0.1) is 5.82 Å². The number of esters is 1. The van der Waals surface area contributed by atoms with Gasteiger partial charge in [-0.05, 0) is 12.1 Å². The molecule has 1 aromatic carbocycles. The van der Waals surface area contributed by atoms with Gasteiger partial charge in [0.2, 0.25) is 0 Å². The Kier molecular flexibility index (Phi) is 7.50. The second-order valence-corrected chi connectivity index (χ2v) is 15.8. The van der Waals surface area contributed by atoms with Crippen LogP contribution in [0.15, 0.2) is 10.5 Å². The highest BCUT2D eigenvalue weighted by Gasteiger charge is 2.30. The lowest BCUT2D eigenvalue weighted by atomic mass is 10.0. The van der Waals surface area contributed by atoms with Crippen molar-refractivity contribution >= 4 is 58.4 Å². The zero-order chi connectivity index (χ0) is 22.9. The molecule has 0 N–H and O–H groups in total. The molecule has 170 valence electrons. The molecule has 0 unspecified atom stereocenters. The SMILES string of the molecule is CC(=O)OCC(=O)N1CCc2c(c3c(Br)cc(Cl)c(F)c3n2COCC[Si](C)(C)C)C1. The van der Waals surface area contributed by atoms with Crippen molar-refractivity contribution in [1.29, 1.82) is 0 Å². The van der Waals surface area contributed by atoms with Crippen LogP contribution >= 0.6 is 27.5 Å². The smallest absolute Gasteiger partial charge is 0.303 e. The Morgan fingerprint density at radius 1 is 1.32 bits per heavy atom. The van der Waals surface area contributed by atoms with Gasteiger partial charge in [-0.3, -0.25) is 9.59 Å². The molecule has 1 aromatic heterocycles. The first-order valence-electron chi connectivity index (χ1n) is 10.2. The number of benzene rings is 1.